The maximum atomic E-state index is 12.0. The number of amides is 2. The van der Waals surface area contributed by atoms with Crippen molar-refractivity contribution < 1.29 is 9.59 Å². The van der Waals surface area contributed by atoms with Gasteiger partial charge in [-0.3, -0.25) is 9.59 Å². The molecule has 1 aromatic rings. The van der Waals surface area contributed by atoms with Crippen molar-refractivity contribution in [2.45, 2.75) is 12.5 Å². The number of para-hydroxylation sites is 1. The molecule has 96 valence electrons. The number of nitrogens with two attached hydrogens (primary N) is 1. The highest BCUT2D eigenvalue weighted by molar-refractivity contribution is 6.34. The molecular formula is C12H14ClN3O2. The van der Waals surface area contributed by atoms with Crippen LogP contribution in [0.4, 0.5) is 5.69 Å². The van der Waals surface area contributed by atoms with E-state index >= 15 is 0 Å². The molecule has 0 bridgehead atoms. The molecule has 1 fully saturated rings. The van der Waals surface area contributed by atoms with Gasteiger partial charge in [-0.25, -0.2) is 0 Å². The van der Waals surface area contributed by atoms with Crippen molar-refractivity contribution in [2.24, 2.45) is 0 Å². The summed E-state index contributed by atoms with van der Waals surface area (Å²) in [6, 6.07) is 4.37. The number of nitrogens with zero attached hydrogens (tertiary/aromatic N) is 1. The third kappa shape index (κ3) is 2.26. The van der Waals surface area contributed by atoms with Gasteiger partial charge in [0, 0.05) is 13.6 Å². The molecule has 0 saturated carbocycles. The summed E-state index contributed by atoms with van der Waals surface area (Å²) >= 11 is 5.85. The number of halogens is 1. The van der Waals surface area contributed by atoms with Crippen LogP contribution in [-0.2, 0) is 4.79 Å². The summed E-state index contributed by atoms with van der Waals surface area (Å²) in [5, 5.41) is 3.01. The number of hydrogen-bond donors (Lipinski definition) is 2. The largest absolute Gasteiger partial charge is 0.397 e. The lowest BCUT2D eigenvalue weighted by molar-refractivity contribution is -0.128. The first-order chi connectivity index (χ1) is 8.50. The van der Waals surface area contributed by atoms with E-state index in [9.17, 15) is 9.59 Å². The summed E-state index contributed by atoms with van der Waals surface area (Å²) in [7, 11) is 1.71. The fraction of sp³-hybridized carbons (Fsp3) is 0.333. The number of likely N-dealkylation sites (N-methyl/N-ethyl adjacent to an activating group) is 1. The summed E-state index contributed by atoms with van der Waals surface area (Å²) < 4.78 is 0. The number of hydrogen-bond acceptors (Lipinski definition) is 3. The van der Waals surface area contributed by atoms with E-state index in [0.717, 1.165) is 0 Å². The molecule has 2 rings (SSSR count). The van der Waals surface area contributed by atoms with Crippen LogP contribution in [0.5, 0.6) is 0 Å². The van der Waals surface area contributed by atoms with E-state index in [4.69, 9.17) is 17.3 Å². The van der Waals surface area contributed by atoms with Crippen LogP contribution in [-0.4, -0.2) is 36.3 Å². The number of carbonyl (C=O) groups excluding carboxylic acids is 2. The molecule has 5 nitrogen and oxygen atoms in total. The van der Waals surface area contributed by atoms with Crippen molar-refractivity contribution in [3.63, 3.8) is 0 Å². The van der Waals surface area contributed by atoms with Gasteiger partial charge >= 0.3 is 0 Å². The number of carbonyl (C=O) groups is 2. The van der Waals surface area contributed by atoms with Gasteiger partial charge in [-0.1, -0.05) is 17.7 Å². The molecule has 6 heteroatoms. The average molecular weight is 268 g/mol. The van der Waals surface area contributed by atoms with Crippen LogP contribution in [0.3, 0.4) is 0 Å². The minimum absolute atomic E-state index is 0.0797. The van der Waals surface area contributed by atoms with E-state index in [0.29, 0.717) is 23.6 Å². The summed E-state index contributed by atoms with van der Waals surface area (Å²) in [5.74, 6) is -0.451. The predicted octanol–water partition coefficient (Wildman–Crippen LogP) is 0.883. The van der Waals surface area contributed by atoms with E-state index in [1.54, 1.807) is 30.1 Å². The van der Waals surface area contributed by atoms with Crippen LogP contribution in [0, 0.1) is 0 Å². The Bertz CT molecular complexity index is 504. The topological polar surface area (TPSA) is 75.4 Å². The van der Waals surface area contributed by atoms with E-state index < -0.39 is 6.04 Å². The first-order valence-electron chi connectivity index (χ1n) is 5.60. The average Bonchev–Trinajstić information content (AvgIpc) is 2.64. The smallest absolute Gasteiger partial charge is 0.254 e. The van der Waals surface area contributed by atoms with E-state index in [2.05, 4.69) is 5.32 Å². The van der Waals surface area contributed by atoms with Crippen LogP contribution < -0.4 is 11.1 Å². The van der Waals surface area contributed by atoms with Gasteiger partial charge in [0.1, 0.15) is 6.04 Å². The molecule has 0 spiro atoms. The number of benzene rings is 1. The van der Waals surface area contributed by atoms with E-state index in [1.165, 1.54) is 0 Å². The van der Waals surface area contributed by atoms with Gasteiger partial charge in [-0.2, -0.15) is 0 Å². The van der Waals surface area contributed by atoms with Crippen LogP contribution in [0.2, 0.25) is 5.02 Å². The Balaban J connectivity index is 2.13. The van der Waals surface area contributed by atoms with Crippen LogP contribution in [0.25, 0.3) is 0 Å². The van der Waals surface area contributed by atoms with Crippen molar-refractivity contribution >= 4 is 29.1 Å². The Morgan fingerprint density at radius 3 is 2.89 bits per heavy atom. The van der Waals surface area contributed by atoms with Gasteiger partial charge in [0.2, 0.25) is 5.91 Å². The molecule has 1 unspecified atom stereocenters. The van der Waals surface area contributed by atoms with E-state index in [1.807, 2.05) is 0 Å². The molecule has 3 N–H and O–H groups in total. The van der Waals surface area contributed by atoms with Gasteiger partial charge in [-0.15, -0.1) is 0 Å². The van der Waals surface area contributed by atoms with Crippen LogP contribution >= 0.6 is 11.6 Å². The molecule has 1 aromatic carbocycles. The number of likely N-dealkylation sites (tertiary alicyclic amines) is 1. The molecule has 1 aliphatic heterocycles. The van der Waals surface area contributed by atoms with Gasteiger partial charge in [0.15, 0.2) is 0 Å². The zero-order valence-electron chi connectivity index (χ0n) is 9.94. The molecule has 2 amide bonds. The van der Waals surface area contributed by atoms with Crippen molar-refractivity contribution in [3.05, 3.63) is 28.8 Å². The summed E-state index contributed by atoms with van der Waals surface area (Å²) in [6.45, 7) is 0.648. The number of nitrogens with one attached hydrogen (secondary N) is 1. The second-order valence-corrected chi connectivity index (χ2v) is 4.68. The normalized spacial score (nSPS) is 19.1. The third-order valence-electron chi connectivity index (χ3n) is 3.03. The van der Waals surface area contributed by atoms with Crippen LogP contribution in [0.1, 0.15) is 16.8 Å². The lowest BCUT2D eigenvalue weighted by Crippen LogP contribution is -2.40. The molecule has 0 radical (unpaired) electrons. The fourth-order valence-electron chi connectivity index (χ4n) is 1.93. The Kier molecular flexibility index (Phi) is 3.43. The highest BCUT2D eigenvalue weighted by Gasteiger charge is 2.30. The first-order valence-corrected chi connectivity index (χ1v) is 5.98. The van der Waals surface area contributed by atoms with Crippen molar-refractivity contribution in [2.75, 3.05) is 19.3 Å². The zero-order valence-corrected chi connectivity index (χ0v) is 10.7. The third-order valence-corrected chi connectivity index (χ3v) is 3.36. The fourth-order valence-corrected chi connectivity index (χ4v) is 2.10. The Hall–Kier alpha value is -1.75. The first kappa shape index (κ1) is 12.7. The van der Waals surface area contributed by atoms with Gasteiger partial charge in [0.25, 0.3) is 5.91 Å². The predicted molar refractivity (Wildman–Crippen MR) is 69.4 cm³/mol. The lowest BCUT2D eigenvalue weighted by Gasteiger charge is -2.13. The maximum absolute atomic E-state index is 12.0. The molecule has 1 heterocycles. The molecule has 1 saturated heterocycles. The summed E-state index contributed by atoms with van der Waals surface area (Å²) in [6.07, 6.45) is 0.613. The quantitative estimate of drug-likeness (QED) is 0.781. The van der Waals surface area contributed by atoms with Gasteiger partial charge in [-0.05, 0) is 18.6 Å². The number of rotatable bonds is 2. The SMILES string of the molecule is CN1CCC(NC(=O)c2cccc(Cl)c2N)C1=O. The Morgan fingerprint density at radius 1 is 1.56 bits per heavy atom. The summed E-state index contributed by atoms with van der Waals surface area (Å²) in [5.41, 5.74) is 6.26. The van der Waals surface area contributed by atoms with Gasteiger partial charge < -0.3 is 16.0 Å². The van der Waals surface area contributed by atoms with Crippen molar-refractivity contribution in [3.8, 4) is 0 Å². The minimum atomic E-state index is -0.471. The monoisotopic (exact) mass is 267 g/mol. The molecule has 0 aliphatic carbocycles. The molecule has 1 atom stereocenters. The molecule has 0 aromatic heterocycles. The summed E-state index contributed by atoms with van der Waals surface area (Å²) in [4.78, 5) is 25.3. The highest BCUT2D eigenvalue weighted by atomic mass is 35.5. The van der Waals surface area contributed by atoms with Crippen molar-refractivity contribution in [1.29, 1.82) is 0 Å². The zero-order chi connectivity index (χ0) is 13.3. The minimum Gasteiger partial charge on any atom is -0.397 e. The van der Waals surface area contributed by atoms with Gasteiger partial charge in [0.05, 0.1) is 16.3 Å². The maximum Gasteiger partial charge on any atom is 0.254 e. The molecule has 18 heavy (non-hydrogen) atoms. The second-order valence-electron chi connectivity index (χ2n) is 4.28. The van der Waals surface area contributed by atoms with E-state index in [-0.39, 0.29) is 17.5 Å². The Morgan fingerprint density at radius 2 is 2.28 bits per heavy atom. The Labute approximate surface area is 110 Å². The molecule has 1 aliphatic rings. The lowest BCUT2D eigenvalue weighted by atomic mass is 10.1. The highest BCUT2D eigenvalue weighted by Crippen LogP contribution is 2.22. The van der Waals surface area contributed by atoms with Crippen molar-refractivity contribution in [1.82, 2.24) is 10.2 Å². The second kappa shape index (κ2) is 4.86. The van der Waals surface area contributed by atoms with Crippen LogP contribution in [0.15, 0.2) is 18.2 Å². The number of nitrogen functional groups attached to an aromatic ring is 1. The molecular weight excluding hydrogens is 254 g/mol. The number of anilines is 1. The standard InChI is InChI=1S/C12H14ClN3O2/c1-16-6-5-9(12(16)18)15-11(17)7-3-2-4-8(13)10(7)14/h2-4,9H,5-6,14H2,1H3,(H,15,17).